The largest absolute Gasteiger partial charge is 0.311 e. The van der Waals surface area contributed by atoms with E-state index in [-0.39, 0.29) is 0 Å². The molecule has 2 aliphatic carbocycles. The first-order chi connectivity index (χ1) is 7.09. The predicted octanol–water partition coefficient (Wildman–Crippen LogP) is 3.73. The normalized spacial score (nSPS) is 33.4. The summed E-state index contributed by atoms with van der Waals surface area (Å²) in [4.78, 5) is 0. The van der Waals surface area contributed by atoms with Crippen LogP contribution in [0.1, 0.15) is 65.7 Å². The molecule has 2 rings (SSSR count). The van der Waals surface area contributed by atoms with Crippen LogP contribution >= 0.6 is 0 Å². The summed E-state index contributed by atoms with van der Waals surface area (Å²) in [5.41, 5.74) is 0.535. The molecule has 0 aliphatic heterocycles. The molecule has 0 radical (unpaired) electrons. The van der Waals surface area contributed by atoms with Crippen LogP contribution in [0.3, 0.4) is 0 Å². The van der Waals surface area contributed by atoms with Gasteiger partial charge >= 0.3 is 0 Å². The van der Waals surface area contributed by atoms with Crippen LogP contribution in [0.2, 0.25) is 0 Å². The molecule has 0 saturated heterocycles. The topological polar surface area (TPSA) is 12.0 Å². The Kier molecular flexibility index (Phi) is 3.39. The minimum absolute atomic E-state index is 0.535. The minimum Gasteiger partial charge on any atom is -0.311 e. The molecule has 2 unspecified atom stereocenters. The molecule has 0 heterocycles. The zero-order valence-corrected chi connectivity index (χ0v) is 10.7. The summed E-state index contributed by atoms with van der Waals surface area (Å²) < 4.78 is 0. The zero-order valence-electron chi connectivity index (χ0n) is 10.7. The second-order valence-electron chi connectivity index (χ2n) is 6.43. The Labute approximate surface area is 95.0 Å². The van der Waals surface area contributed by atoms with E-state index in [4.69, 9.17) is 0 Å². The summed E-state index contributed by atoms with van der Waals surface area (Å²) in [5, 5.41) is 3.91. The maximum atomic E-state index is 3.91. The molecular weight excluding hydrogens is 182 g/mol. The summed E-state index contributed by atoms with van der Waals surface area (Å²) in [6.45, 7) is 7.27. The van der Waals surface area contributed by atoms with Gasteiger partial charge in [0.05, 0.1) is 0 Å². The van der Waals surface area contributed by atoms with Crippen LogP contribution in [-0.2, 0) is 0 Å². The molecule has 0 aromatic carbocycles. The fourth-order valence-corrected chi connectivity index (χ4v) is 3.55. The molecule has 1 nitrogen and oxygen atoms in total. The maximum absolute atomic E-state index is 3.91. The van der Waals surface area contributed by atoms with Gasteiger partial charge in [0.1, 0.15) is 0 Å². The summed E-state index contributed by atoms with van der Waals surface area (Å²) in [6.07, 6.45) is 10.1. The molecule has 0 spiro atoms. The van der Waals surface area contributed by atoms with Gasteiger partial charge in [-0.25, -0.2) is 0 Å². The van der Waals surface area contributed by atoms with E-state index in [1.807, 2.05) is 0 Å². The first kappa shape index (κ1) is 11.4. The van der Waals surface area contributed by atoms with Crippen LogP contribution in [-0.4, -0.2) is 12.1 Å². The van der Waals surface area contributed by atoms with Gasteiger partial charge in [0.15, 0.2) is 0 Å². The Hall–Kier alpha value is -0.0400. The van der Waals surface area contributed by atoms with E-state index in [2.05, 4.69) is 26.1 Å². The highest BCUT2D eigenvalue weighted by Crippen LogP contribution is 2.38. The average molecular weight is 209 g/mol. The number of nitrogens with one attached hydrogen (secondary N) is 1. The van der Waals surface area contributed by atoms with Crippen molar-refractivity contribution in [3.05, 3.63) is 0 Å². The van der Waals surface area contributed by atoms with Crippen molar-refractivity contribution < 1.29 is 0 Å². The fraction of sp³-hybridized carbons (Fsp3) is 1.00. The summed E-state index contributed by atoms with van der Waals surface area (Å²) >= 11 is 0. The third kappa shape index (κ3) is 2.55. The molecule has 0 aromatic heterocycles. The van der Waals surface area contributed by atoms with Crippen LogP contribution in [0.15, 0.2) is 0 Å². The van der Waals surface area contributed by atoms with Crippen LogP contribution < -0.4 is 5.32 Å². The Morgan fingerprint density at radius 2 is 1.73 bits per heavy atom. The smallest absolute Gasteiger partial charge is 0.0121 e. The molecule has 2 atom stereocenters. The number of hydrogen-bond donors (Lipinski definition) is 1. The van der Waals surface area contributed by atoms with E-state index in [1.54, 1.807) is 0 Å². The van der Waals surface area contributed by atoms with E-state index in [9.17, 15) is 0 Å². The Morgan fingerprint density at radius 3 is 2.27 bits per heavy atom. The van der Waals surface area contributed by atoms with Crippen molar-refractivity contribution in [2.45, 2.75) is 77.8 Å². The Balaban J connectivity index is 1.85. The van der Waals surface area contributed by atoms with Crippen LogP contribution in [0.4, 0.5) is 0 Å². The first-order valence-corrected chi connectivity index (χ1v) is 6.86. The third-order valence-electron chi connectivity index (χ3n) is 4.83. The lowest BCUT2D eigenvalue weighted by Crippen LogP contribution is -2.45. The standard InChI is InChI=1S/C14H27N/c1-11(12-7-4-5-8-12)15-13-9-6-10-14(13,2)3/h11-13,15H,4-10H2,1-3H3. The van der Waals surface area contributed by atoms with E-state index in [0.29, 0.717) is 5.41 Å². The molecule has 0 amide bonds. The van der Waals surface area contributed by atoms with Gasteiger partial charge in [-0.3, -0.25) is 0 Å². The molecule has 88 valence electrons. The highest BCUT2D eigenvalue weighted by molar-refractivity contribution is 4.92. The Bertz CT molecular complexity index is 203. The fourth-order valence-electron chi connectivity index (χ4n) is 3.55. The van der Waals surface area contributed by atoms with Gasteiger partial charge in [0.2, 0.25) is 0 Å². The lowest BCUT2D eigenvalue weighted by molar-refractivity contribution is 0.238. The van der Waals surface area contributed by atoms with E-state index in [0.717, 1.165) is 18.0 Å². The quantitative estimate of drug-likeness (QED) is 0.747. The van der Waals surface area contributed by atoms with Crippen LogP contribution in [0, 0.1) is 11.3 Å². The monoisotopic (exact) mass is 209 g/mol. The van der Waals surface area contributed by atoms with Gasteiger partial charge in [0.25, 0.3) is 0 Å². The molecule has 2 fully saturated rings. The highest BCUT2D eigenvalue weighted by Gasteiger charge is 2.36. The van der Waals surface area contributed by atoms with Crippen LogP contribution in [0.25, 0.3) is 0 Å². The van der Waals surface area contributed by atoms with Crippen molar-refractivity contribution in [1.29, 1.82) is 0 Å². The van der Waals surface area contributed by atoms with Crippen molar-refractivity contribution in [3.8, 4) is 0 Å². The summed E-state index contributed by atoms with van der Waals surface area (Å²) in [6, 6.07) is 1.52. The molecular formula is C14H27N. The minimum atomic E-state index is 0.535. The van der Waals surface area contributed by atoms with Gasteiger partial charge in [-0.05, 0) is 43.9 Å². The van der Waals surface area contributed by atoms with E-state index < -0.39 is 0 Å². The maximum Gasteiger partial charge on any atom is 0.0121 e. The first-order valence-electron chi connectivity index (χ1n) is 6.86. The zero-order chi connectivity index (χ0) is 10.9. The Morgan fingerprint density at radius 1 is 1.07 bits per heavy atom. The van der Waals surface area contributed by atoms with Crippen molar-refractivity contribution in [2.75, 3.05) is 0 Å². The number of hydrogen-bond acceptors (Lipinski definition) is 1. The van der Waals surface area contributed by atoms with Crippen molar-refractivity contribution in [3.63, 3.8) is 0 Å². The molecule has 0 aromatic rings. The van der Waals surface area contributed by atoms with Crippen LogP contribution in [0.5, 0.6) is 0 Å². The third-order valence-corrected chi connectivity index (χ3v) is 4.83. The molecule has 2 saturated carbocycles. The lowest BCUT2D eigenvalue weighted by Gasteiger charge is -2.33. The predicted molar refractivity (Wildman–Crippen MR) is 66.0 cm³/mol. The highest BCUT2D eigenvalue weighted by atomic mass is 15.0. The molecule has 15 heavy (non-hydrogen) atoms. The molecule has 1 heteroatoms. The van der Waals surface area contributed by atoms with E-state index in [1.165, 1.54) is 44.9 Å². The second-order valence-corrected chi connectivity index (χ2v) is 6.43. The molecule has 2 aliphatic rings. The SMILES string of the molecule is CC(NC1CCCC1(C)C)C1CCCC1. The van der Waals surface area contributed by atoms with Crippen molar-refractivity contribution >= 4 is 0 Å². The van der Waals surface area contributed by atoms with Gasteiger partial charge < -0.3 is 5.32 Å². The average Bonchev–Trinajstić information content (AvgIpc) is 2.76. The van der Waals surface area contributed by atoms with Gasteiger partial charge in [0, 0.05) is 12.1 Å². The van der Waals surface area contributed by atoms with Gasteiger partial charge in [-0.1, -0.05) is 33.1 Å². The molecule has 1 N–H and O–H groups in total. The van der Waals surface area contributed by atoms with Gasteiger partial charge in [-0.2, -0.15) is 0 Å². The second kappa shape index (κ2) is 4.45. The van der Waals surface area contributed by atoms with Crippen molar-refractivity contribution in [2.24, 2.45) is 11.3 Å². The number of rotatable bonds is 3. The summed E-state index contributed by atoms with van der Waals surface area (Å²) in [7, 11) is 0. The van der Waals surface area contributed by atoms with E-state index >= 15 is 0 Å². The van der Waals surface area contributed by atoms with Crippen molar-refractivity contribution in [1.82, 2.24) is 5.32 Å². The van der Waals surface area contributed by atoms with Gasteiger partial charge in [-0.15, -0.1) is 0 Å². The molecule has 0 bridgehead atoms. The summed E-state index contributed by atoms with van der Waals surface area (Å²) in [5.74, 6) is 0.960. The lowest BCUT2D eigenvalue weighted by atomic mass is 9.86.